The molecule has 0 aliphatic heterocycles. The van der Waals surface area contributed by atoms with Crippen LogP contribution < -0.4 is 0 Å². The molecular weight excluding hydrogens is 204 g/mol. The highest BCUT2D eigenvalue weighted by Gasteiger charge is 2.26. The molecule has 0 heterocycles. The Bertz CT molecular complexity index is 377. The summed E-state index contributed by atoms with van der Waals surface area (Å²) in [6.45, 7) is 14.4. The predicted molar refractivity (Wildman–Crippen MR) is 77.9 cm³/mol. The topological polar surface area (TPSA) is 0 Å². The molecule has 2 atom stereocenters. The molecule has 0 saturated heterocycles. The summed E-state index contributed by atoms with van der Waals surface area (Å²) in [6, 6.07) is 0. The van der Waals surface area contributed by atoms with Crippen molar-refractivity contribution in [2.45, 2.75) is 33.6 Å². The van der Waals surface area contributed by atoms with Crippen LogP contribution in [0.3, 0.4) is 0 Å². The lowest BCUT2D eigenvalue weighted by atomic mass is 9.73. The largest absolute Gasteiger partial charge is 0.0991 e. The maximum atomic E-state index is 3.92. The van der Waals surface area contributed by atoms with E-state index in [1.165, 1.54) is 29.6 Å². The van der Waals surface area contributed by atoms with E-state index >= 15 is 0 Å². The van der Waals surface area contributed by atoms with Crippen molar-refractivity contribution in [3.63, 3.8) is 0 Å². The van der Waals surface area contributed by atoms with Gasteiger partial charge in [0.15, 0.2) is 0 Å². The van der Waals surface area contributed by atoms with E-state index in [9.17, 15) is 0 Å². The van der Waals surface area contributed by atoms with Crippen molar-refractivity contribution in [1.82, 2.24) is 0 Å². The van der Waals surface area contributed by atoms with Gasteiger partial charge >= 0.3 is 0 Å². The van der Waals surface area contributed by atoms with Gasteiger partial charge < -0.3 is 0 Å². The van der Waals surface area contributed by atoms with Gasteiger partial charge in [-0.3, -0.25) is 0 Å². The van der Waals surface area contributed by atoms with Crippen molar-refractivity contribution in [3.8, 4) is 0 Å². The van der Waals surface area contributed by atoms with E-state index < -0.39 is 0 Å². The molecule has 17 heavy (non-hydrogen) atoms. The summed E-state index contributed by atoms with van der Waals surface area (Å²) in [4.78, 5) is 0. The van der Waals surface area contributed by atoms with Crippen LogP contribution in [0.25, 0.3) is 0 Å². The minimum Gasteiger partial charge on any atom is -0.0991 e. The average molecular weight is 228 g/mol. The molecule has 0 radical (unpaired) electrons. The van der Waals surface area contributed by atoms with Gasteiger partial charge in [-0.2, -0.15) is 0 Å². The van der Waals surface area contributed by atoms with Gasteiger partial charge in [0.25, 0.3) is 0 Å². The first-order valence-corrected chi connectivity index (χ1v) is 6.43. The zero-order valence-electron chi connectivity index (χ0n) is 11.4. The minimum atomic E-state index is 0.596. The summed E-state index contributed by atoms with van der Waals surface area (Å²) < 4.78 is 0. The van der Waals surface area contributed by atoms with Gasteiger partial charge in [-0.1, -0.05) is 56.0 Å². The molecule has 0 aromatic heterocycles. The lowest BCUT2D eigenvalue weighted by Crippen LogP contribution is -2.20. The Morgan fingerprint density at radius 2 is 2.06 bits per heavy atom. The second-order valence-corrected chi connectivity index (χ2v) is 4.75. The Labute approximate surface area is 106 Å². The molecule has 0 spiro atoms. The fourth-order valence-corrected chi connectivity index (χ4v) is 2.70. The van der Waals surface area contributed by atoms with Gasteiger partial charge in [-0.05, 0) is 49.7 Å². The molecule has 1 aliphatic carbocycles. The summed E-state index contributed by atoms with van der Waals surface area (Å²) in [6.07, 6.45) is 12.7. The normalized spacial score (nSPS) is 26.4. The molecule has 0 nitrogen and oxygen atoms in total. The third-order valence-corrected chi connectivity index (χ3v) is 3.86. The molecule has 0 aromatic carbocycles. The molecule has 1 aliphatic rings. The Morgan fingerprint density at radius 3 is 2.59 bits per heavy atom. The molecule has 2 unspecified atom stereocenters. The van der Waals surface area contributed by atoms with Crippen molar-refractivity contribution < 1.29 is 0 Å². The third-order valence-electron chi connectivity index (χ3n) is 3.86. The van der Waals surface area contributed by atoms with Crippen molar-refractivity contribution in [2.75, 3.05) is 0 Å². The highest BCUT2D eigenvalue weighted by atomic mass is 14.3. The zero-order valence-corrected chi connectivity index (χ0v) is 11.4. The van der Waals surface area contributed by atoms with Crippen LogP contribution in [-0.2, 0) is 0 Å². The first-order chi connectivity index (χ1) is 8.15. The number of rotatable bonds is 4. The van der Waals surface area contributed by atoms with E-state index in [2.05, 4.69) is 52.2 Å². The monoisotopic (exact) mass is 228 g/mol. The van der Waals surface area contributed by atoms with E-state index in [-0.39, 0.29) is 0 Å². The van der Waals surface area contributed by atoms with Gasteiger partial charge in [-0.15, -0.1) is 0 Å². The second kappa shape index (κ2) is 6.44. The molecule has 92 valence electrons. The second-order valence-electron chi connectivity index (χ2n) is 4.75. The number of allylic oxidation sites excluding steroid dienone is 8. The quantitative estimate of drug-likeness (QED) is 0.578. The third kappa shape index (κ3) is 3.09. The maximum absolute atomic E-state index is 3.92. The molecule has 0 saturated carbocycles. The van der Waals surface area contributed by atoms with E-state index in [0.717, 1.165) is 0 Å². The number of hydrogen-bond acceptors (Lipinski definition) is 0. The van der Waals surface area contributed by atoms with Gasteiger partial charge in [0, 0.05) is 0 Å². The average Bonchev–Trinajstić information content (AvgIpc) is 2.33. The van der Waals surface area contributed by atoms with Crippen LogP contribution in [0.4, 0.5) is 0 Å². The highest BCUT2D eigenvalue weighted by molar-refractivity contribution is 5.34. The van der Waals surface area contributed by atoms with Crippen LogP contribution in [-0.4, -0.2) is 0 Å². The van der Waals surface area contributed by atoms with E-state index in [1.807, 2.05) is 12.2 Å². The van der Waals surface area contributed by atoms with Crippen LogP contribution in [0.1, 0.15) is 33.6 Å². The molecule has 0 amide bonds. The summed E-state index contributed by atoms with van der Waals surface area (Å²) >= 11 is 0. The molecular formula is C17H24. The Balaban J connectivity index is 3.00. The zero-order chi connectivity index (χ0) is 12.8. The Hall–Kier alpha value is -1.30. The van der Waals surface area contributed by atoms with Crippen molar-refractivity contribution in [2.24, 2.45) is 11.8 Å². The van der Waals surface area contributed by atoms with Gasteiger partial charge in [0.2, 0.25) is 0 Å². The van der Waals surface area contributed by atoms with E-state index in [1.54, 1.807) is 0 Å². The predicted octanol–water partition coefficient (Wildman–Crippen LogP) is 5.22. The molecule has 0 aromatic rings. The van der Waals surface area contributed by atoms with E-state index in [4.69, 9.17) is 0 Å². The molecule has 0 heteroatoms. The van der Waals surface area contributed by atoms with Crippen LogP contribution in [0, 0.1) is 11.8 Å². The number of hydrogen-bond donors (Lipinski definition) is 0. The van der Waals surface area contributed by atoms with Crippen LogP contribution >= 0.6 is 0 Å². The maximum Gasteiger partial charge on any atom is -0.00959 e. The Kier molecular flexibility index (Phi) is 5.21. The summed E-state index contributed by atoms with van der Waals surface area (Å²) in [5.41, 5.74) is 4.36. The van der Waals surface area contributed by atoms with Crippen LogP contribution in [0.15, 0.2) is 60.3 Å². The standard InChI is InChI=1S/C17H24/c1-6-9-15(8-3)17-12-11-16(10-7-2)13(4)14(17)5/h6-10,14,17H,1,3,11-12H2,2,4-5H3/b10-7-,15-9+. The summed E-state index contributed by atoms with van der Waals surface area (Å²) in [5, 5.41) is 0. The highest BCUT2D eigenvalue weighted by Crippen LogP contribution is 2.39. The van der Waals surface area contributed by atoms with Gasteiger partial charge in [0.1, 0.15) is 0 Å². The minimum absolute atomic E-state index is 0.596. The van der Waals surface area contributed by atoms with Crippen molar-refractivity contribution in [1.29, 1.82) is 0 Å². The van der Waals surface area contributed by atoms with Crippen molar-refractivity contribution in [3.05, 3.63) is 60.3 Å². The Morgan fingerprint density at radius 1 is 1.35 bits per heavy atom. The van der Waals surface area contributed by atoms with Crippen LogP contribution in [0.5, 0.6) is 0 Å². The fourth-order valence-electron chi connectivity index (χ4n) is 2.70. The van der Waals surface area contributed by atoms with Crippen LogP contribution in [0.2, 0.25) is 0 Å². The first kappa shape index (κ1) is 13.8. The smallest absolute Gasteiger partial charge is 0.00959 e. The van der Waals surface area contributed by atoms with E-state index in [0.29, 0.717) is 11.8 Å². The molecule has 1 rings (SSSR count). The van der Waals surface area contributed by atoms with Gasteiger partial charge in [0.05, 0.1) is 0 Å². The fraction of sp³-hybridized carbons (Fsp3) is 0.412. The lowest BCUT2D eigenvalue weighted by Gasteiger charge is -2.32. The summed E-state index contributed by atoms with van der Waals surface area (Å²) in [5.74, 6) is 1.19. The lowest BCUT2D eigenvalue weighted by molar-refractivity contribution is 0.414. The molecule has 0 fully saturated rings. The molecule has 0 bridgehead atoms. The van der Waals surface area contributed by atoms with Gasteiger partial charge in [-0.25, -0.2) is 0 Å². The molecule has 0 N–H and O–H groups in total. The summed E-state index contributed by atoms with van der Waals surface area (Å²) in [7, 11) is 0. The SMILES string of the molecule is C=C/C=C(\C=C)C1CCC(/C=C\C)=C(C)C1C. The van der Waals surface area contributed by atoms with Crippen molar-refractivity contribution >= 4 is 0 Å². The first-order valence-electron chi connectivity index (χ1n) is 6.43.